The Morgan fingerprint density at radius 3 is 2.62 bits per heavy atom. The number of hydrogen-bond donors (Lipinski definition) is 4. The Bertz CT molecular complexity index is 865. The Labute approximate surface area is 172 Å². The van der Waals surface area contributed by atoms with Gasteiger partial charge in [-0.2, -0.15) is 0 Å². The number of rotatable bonds is 8. The second kappa shape index (κ2) is 9.13. The molecule has 1 aromatic rings. The third kappa shape index (κ3) is 6.17. The van der Waals surface area contributed by atoms with Crippen molar-refractivity contribution in [3.8, 4) is 0 Å². The molecule has 0 bridgehead atoms. The standard InChI is InChI=1S/C20H30N4O4S/c1-13(2)24-29(27,28)17-10-15(9-16(11-17)22-12-14-6-7-14)19(25)23-18-5-3-4-8-21-20(18)26/h9-11,13-14,18,22,24H,3-8,12H2,1-2H3,(H,21,26)(H,23,25)/t18-/m0/s1. The predicted octanol–water partition coefficient (Wildman–Crippen LogP) is 1.59. The van der Waals surface area contributed by atoms with Crippen molar-refractivity contribution >= 4 is 27.5 Å². The molecule has 8 nitrogen and oxygen atoms in total. The summed E-state index contributed by atoms with van der Waals surface area (Å²) in [5, 5.41) is 8.78. The van der Waals surface area contributed by atoms with E-state index in [1.807, 2.05) is 0 Å². The van der Waals surface area contributed by atoms with Crippen molar-refractivity contribution in [1.82, 2.24) is 15.4 Å². The van der Waals surface area contributed by atoms with E-state index in [-0.39, 0.29) is 22.4 Å². The van der Waals surface area contributed by atoms with E-state index in [0.29, 0.717) is 24.6 Å². The van der Waals surface area contributed by atoms with Crippen molar-refractivity contribution in [2.24, 2.45) is 5.92 Å². The summed E-state index contributed by atoms with van der Waals surface area (Å²) in [6.45, 7) is 4.83. The van der Waals surface area contributed by atoms with Crippen LogP contribution in [-0.4, -0.2) is 45.4 Å². The van der Waals surface area contributed by atoms with Crippen LogP contribution in [0.5, 0.6) is 0 Å². The Morgan fingerprint density at radius 2 is 1.93 bits per heavy atom. The normalized spacial score (nSPS) is 20.1. The monoisotopic (exact) mass is 422 g/mol. The lowest BCUT2D eigenvalue weighted by Gasteiger charge is -2.17. The van der Waals surface area contributed by atoms with E-state index >= 15 is 0 Å². The zero-order valence-electron chi connectivity index (χ0n) is 17.0. The first-order chi connectivity index (χ1) is 13.7. The molecule has 1 aliphatic carbocycles. The molecule has 1 heterocycles. The number of sulfonamides is 1. The van der Waals surface area contributed by atoms with Gasteiger partial charge >= 0.3 is 0 Å². The topological polar surface area (TPSA) is 116 Å². The zero-order chi connectivity index (χ0) is 21.0. The number of hydrogen-bond acceptors (Lipinski definition) is 5. The molecule has 1 saturated carbocycles. The van der Waals surface area contributed by atoms with Gasteiger partial charge in [0.05, 0.1) is 4.90 Å². The van der Waals surface area contributed by atoms with Gasteiger partial charge in [-0.15, -0.1) is 0 Å². The summed E-state index contributed by atoms with van der Waals surface area (Å²) in [5.41, 5.74) is 0.797. The summed E-state index contributed by atoms with van der Waals surface area (Å²) in [6.07, 6.45) is 4.60. The van der Waals surface area contributed by atoms with Gasteiger partial charge in [0.15, 0.2) is 0 Å². The first-order valence-electron chi connectivity index (χ1n) is 10.2. The number of carbonyl (C=O) groups excluding carboxylic acids is 2. The van der Waals surface area contributed by atoms with E-state index in [4.69, 9.17) is 0 Å². The SMILES string of the molecule is CC(C)NS(=O)(=O)c1cc(NCC2CC2)cc(C(=O)N[C@H]2CCCCNC2=O)c1. The fourth-order valence-corrected chi connectivity index (χ4v) is 4.59. The highest BCUT2D eigenvalue weighted by Gasteiger charge is 2.25. The second-order valence-electron chi connectivity index (χ2n) is 8.16. The maximum atomic E-state index is 12.8. The fraction of sp³-hybridized carbons (Fsp3) is 0.600. The molecular formula is C20H30N4O4S. The summed E-state index contributed by atoms with van der Waals surface area (Å²) in [7, 11) is -3.76. The van der Waals surface area contributed by atoms with Gasteiger partial charge in [-0.25, -0.2) is 13.1 Å². The molecule has 1 aliphatic heterocycles. The maximum absolute atomic E-state index is 12.8. The molecule has 4 N–H and O–H groups in total. The summed E-state index contributed by atoms with van der Waals surface area (Å²) in [4.78, 5) is 25.0. The van der Waals surface area contributed by atoms with Crippen LogP contribution in [0, 0.1) is 5.92 Å². The molecule has 160 valence electrons. The Morgan fingerprint density at radius 1 is 1.17 bits per heavy atom. The van der Waals surface area contributed by atoms with Crippen LogP contribution in [0.25, 0.3) is 0 Å². The summed E-state index contributed by atoms with van der Waals surface area (Å²) in [5.74, 6) is -0.0627. The highest BCUT2D eigenvalue weighted by atomic mass is 32.2. The quantitative estimate of drug-likeness (QED) is 0.508. The van der Waals surface area contributed by atoms with Crippen LogP contribution in [0.4, 0.5) is 5.69 Å². The summed E-state index contributed by atoms with van der Waals surface area (Å²) >= 11 is 0. The first-order valence-corrected chi connectivity index (χ1v) is 11.7. The molecule has 1 atom stereocenters. The van der Waals surface area contributed by atoms with E-state index in [1.165, 1.54) is 6.07 Å². The second-order valence-corrected chi connectivity index (χ2v) is 9.87. The molecular weight excluding hydrogens is 392 g/mol. The van der Waals surface area contributed by atoms with Crippen LogP contribution in [0.1, 0.15) is 56.3 Å². The lowest BCUT2D eigenvalue weighted by atomic mass is 10.1. The number of benzene rings is 1. The van der Waals surface area contributed by atoms with Gasteiger partial charge in [0, 0.05) is 30.4 Å². The summed E-state index contributed by atoms with van der Waals surface area (Å²) in [6, 6.07) is 3.66. The van der Waals surface area contributed by atoms with Gasteiger partial charge in [0.25, 0.3) is 5.91 Å². The third-order valence-corrected chi connectivity index (χ3v) is 6.64. The van der Waals surface area contributed by atoms with Gasteiger partial charge in [0.2, 0.25) is 15.9 Å². The maximum Gasteiger partial charge on any atom is 0.252 e. The number of nitrogens with one attached hydrogen (secondary N) is 4. The highest BCUT2D eigenvalue weighted by Crippen LogP contribution is 2.29. The van der Waals surface area contributed by atoms with Crippen LogP contribution >= 0.6 is 0 Å². The van der Waals surface area contributed by atoms with E-state index in [1.54, 1.807) is 26.0 Å². The third-order valence-electron chi connectivity index (χ3n) is 5.00. The minimum Gasteiger partial charge on any atom is -0.385 e. The van der Waals surface area contributed by atoms with Crippen LogP contribution in [0.2, 0.25) is 0 Å². The van der Waals surface area contributed by atoms with Gasteiger partial charge in [-0.05, 0) is 70.1 Å². The van der Waals surface area contributed by atoms with E-state index < -0.39 is 22.0 Å². The van der Waals surface area contributed by atoms with Crippen molar-refractivity contribution < 1.29 is 18.0 Å². The number of anilines is 1. The van der Waals surface area contributed by atoms with Crippen LogP contribution < -0.4 is 20.7 Å². The van der Waals surface area contributed by atoms with Gasteiger partial charge in [-0.3, -0.25) is 9.59 Å². The number of carbonyl (C=O) groups is 2. The average molecular weight is 423 g/mol. The summed E-state index contributed by atoms with van der Waals surface area (Å²) < 4.78 is 27.9. The smallest absolute Gasteiger partial charge is 0.252 e. The number of amides is 2. The molecule has 1 aromatic carbocycles. The molecule has 2 fully saturated rings. The molecule has 3 rings (SSSR count). The van der Waals surface area contributed by atoms with E-state index in [9.17, 15) is 18.0 Å². The Kier molecular flexibility index (Phi) is 6.79. The molecule has 0 unspecified atom stereocenters. The van der Waals surface area contributed by atoms with Gasteiger partial charge in [0.1, 0.15) is 6.04 Å². The molecule has 0 radical (unpaired) electrons. The minimum absolute atomic E-state index is 0.0301. The van der Waals surface area contributed by atoms with Crippen molar-refractivity contribution in [2.45, 2.75) is 62.9 Å². The van der Waals surface area contributed by atoms with Crippen LogP contribution in [-0.2, 0) is 14.8 Å². The molecule has 0 aromatic heterocycles. The van der Waals surface area contributed by atoms with Crippen molar-refractivity contribution in [1.29, 1.82) is 0 Å². The molecule has 2 aliphatic rings. The van der Waals surface area contributed by atoms with Crippen molar-refractivity contribution in [3.63, 3.8) is 0 Å². The predicted molar refractivity (Wildman–Crippen MR) is 111 cm³/mol. The molecule has 0 spiro atoms. The Balaban J connectivity index is 1.84. The van der Waals surface area contributed by atoms with E-state index in [2.05, 4.69) is 20.7 Å². The van der Waals surface area contributed by atoms with Gasteiger partial charge < -0.3 is 16.0 Å². The first kappa shape index (κ1) is 21.6. The molecule has 2 amide bonds. The molecule has 29 heavy (non-hydrogen) atoms. The molecule has 1 saturated heterocycles. The lowest BCUT2D eigenvalue weighted by molar-refractivity contribution is -0.122. The van der Waals surface area contributed by atoms with E-state index in [0.717, 1.165) is 32.2 Å². The lowest BCUT2D eigenvalue weighted by Crippen LogP contribution is -2.45. The van der Waals surface area contributed by atoms with Crippen LogP contribution in [0.3, 0.4) is 0 Å². The zero-order valence-corrected chi connectivity index (χ0v) is 17.8. The largest absolute Gasteiger partial charge is 0.385 e. The van der Waals surface area contributed by atoms with Crippen LogP contribution in [0.15, 0.2) is 23.1 Å². The average Bonchev–Trinajstić information content (AvgIpc) is 3.48. The van der Waals surface area contributed by atoms with Crippen molar-refractivity contribution in [2.75, 3.05) is 18.4 Å². The molecule has 9 heteroatoms. The highest BCUT2D eigenvalue weighted by molar-refractivity contribution is 7.89. The Hall–Kier alpha value is -2.13. The van der Waals surface area contributed by atoms with Crippen molar-refractivity contribution in [3.05, 3.63) is 23.8 Å². The minimum atomic E-state index is -3.76. The van der Waals surface area contributed by atoms with Gasteiger partial charge in [-0.1, -0.05) is 0 Å². The fourth-order valence-electron chi connectivity index (χ4n) is 3.27.